The predicted molar refractivity (Wildman–Crippen MR) is 120 cm³/mol. The van der Waals surface area contributed by atoms with Crippen molar-refractivity contribution in [1.82, 2.24) is 15.6 Å². The Morgan fingerprint density at radius 1 is 1.23 bits per heavy atom. The zero-order chi connectivity index (χ0) is 18.7. The normalized spacial score (nSPS) is 12.3. The predicted octanol–water partition coefficient (Wildman–Crippen LogP) is 3.72. The molecule has 3 N–H and O–H groups in total. The van der Waals surface area contributed by atoms with Crippen molar-refractivity contribution in [3.8, 4) is 0 Å². The lowest BCUT2D eigenvalue weighted by molar-refractivity contribution is -0.116. The number of pyridine rings is 1. The third kappa shape index (κ3) is 11.3. The van der Waals surface area contributed by atoms with Crippen LogP contribution in [0.25, 0.3) is 0 Å². The Balaban J connectivity index is 0.00000625. The molecule has 7 heteroatoms. The molecule has 0 saturated carbocycles. The summed E-state index contributed by atoms with van der Waals surface area (Å²) in [4.78, 5) is 20.6. The van der Waals surface area contributed by atoms with E-state index in [9.17, 15) is 4.79 Å². The molecule has 0 aliphatic carbocycles. The molecule has 148 valence electrons. The number of rotatable bonds is 9. The van der Waals surface area contributed by atoms with E-state index >= 15 is 0 Å². The Kier molecular flexibility index (Phi) is 13.0. The topological polar surface area (TPSA) is 78.4 Å². The molecule has 0 radical (unpaired) electrons. The fraction of sp³-hybridized carbons (Fsp3) is 0.632. The average molecular weight is 475 g/mol. The molecule has 0 bridgehead atoms. The van der Waals surface area contributed by atoms with Gasteiger partial charge in [-0.2, -0.15) is 0 Å². The van der Waals surface area contributed by atoms with Crippen LogP contribution in [0.3, 0.4) is 0 Å². The van der Waals surface area contributed by atoms with Crippen molar-refractivity contribution >= 4 is 41.7 Å². The van der Waals surface area contributed by atoms with Gasteiger partial charge in [0.25, 0.3) is 0 Å². The highest BCUT2D eigenvalue weighted by molar-refractivity contribution is 14.0. The zero-order valence-corrected chi connectivity index (χ0v) is 19.0. The number of carbonyl (C=O) groups is 1. The number of aromatic nitrogens is 1. The van der Waals surface area contributed by atoms with E-state index in [4.69, 9.17) is 0 Å². The largest absolute Gasteiger partial charge is 0.357 e. The lowest BCUT2D eigenvalue weighted by Crippen LogP contribution is -2.42. The van der Waals surface area contributed by atoms with Crippen LogP contribution in [0, 0.1) is 12.8 Å². The molecule has 0 spiro atoms. The second-order valence-electron chi connectivity index (χ2n) is 6.80. The molecule has 1 atom stereocenters. The van der Waals surface area contributed by atoms with Gasteiger partial charge >= 0.3 is 0 Å². The first kappa shape index (κ1) is 24.6. The van der Waals surface area contributed by atoms with Crippen LogP contribution in [0.1, 0.15) is 52.5 Å². The molecule has 1 unspecified atom stereocenters. The van der Waals surface area contributed by atoms with Crippen molar-refractivity contribution < 1.29 is 4.79 Å². The summed E-state index contributed by atoms with van der Waals surface area (Å²) in [6.07, 6.45) is 4.34. The summed E-state index contributed by atoms with van der Waals surface area (Å²) in [6.45, 7) is 11.8. The molecule has 1 amide bonds. The number of nitrogens with zero attached hydrogens (tertiary/aromatic N) is 2. The molecule has 26 heavy (non-hydrogen) atoms. The minimum atomic E-state index is -0.0798. The summed E-state index contributed by atoms with van der Waals surface area (Å²) in [5.74, 6) is 1.96. The van der Waals surface area contributed by atoms with E-state index < -0.39 is 0 Å². The van der Waals surface area contributed by atoms with Gasteiger partial charge in [0.1, 0.15) is 5.82 Å². The molecule has 0 saturated heterocycles. The van der Waals surface area contributed by atoms with E-state index in [-0.39, 0.29) is 29.9 Å². The van der Waals surface area contributed by atoms with Gasteiger partial charge in [-0.15, -0.1) is 24.0 Å². The third-order valence-electron chi connectivity index (χ3n) is 3.69. The van der Waals surface area contributed by atoms with Gasteiger partial charge in [-0.1, -0.05) is 19.9 Å². The summed E-state index contributed by atoms with van der Waals surface area (Å²) in [6, 6.07) is 4.08. The number of nitrogens with one attached hydrogen (secondary N) is 3. The summed E-state index contributed by atoms with van der Waals surface area (Å²) >= 11 is 0. The quantitative estimate of drug-likeness (QED) is 0.289. The summed E-state index contributed by atoms with van der Waals surface area (Å²) in [5.41, 5.74) is 1.07. The van der Waals surface area contributed by atoms with Crippen LogP contribution in [0.2, 0.25) is 0 Å². The smallest absolute Gasteiger partial charge is 0.227 e. The van der Waals surface area contributed by atoms with Gasteiger partial charge in [0.15, 0.2) is 5.96 Å². The maximum Gasteiger partial charge on any atom is 0.227 e. The second-order valence-corrected chi connectivity index (χ2v) is 6.80. The summed E-state index contributed by atoms with van der Waals surface area (Å²) < 4.78 is 0. The van der Waals surface area contributed by atoms with Gasteiger partial charge in [0.2, 0.25) is 5.91 Å². The first-order valence-electron chi connectivity index (χ1n) is 9.18. The van der Waals surface area contributed by atoms with Gasteiger partial charge < -0.3 is 16.0 Å². The number of guanidine groups is 1. The highest BCUT2D eigenvalue weighted by Crippen LogP contribution is 2.06. The number of halogens is 1. The Labute approximate surface area is 175 Å². The van der Waals surface area contributed by atoms with Crippen LogP contribution in [-0.2, 0) is 4.79 Å². The zero-order valence-electron chi connectivity index (χ0n) is 16.6. The molecule has 0 aliphatic heterocycles. The van der Waals surface area contributed by atoms with Crippen molar-refractivity contribution in [2.75, 3.05) is 18.4 Å². The molecule has 0 aliphatic rings. The third-order valence-corrected chi connectivity index (χ3v) is 3.69. The average Bonchev–Trinajstić information content (AvgIpc) is 2.55. The van der Waals surface area contributed by atoms with Gasteiger partial charge in [0.05, 0.1) is 6.54 Å². The Bertz CT molecular complexity index is 545. The van der Waals surface area contributed by atoms with Crippen molar-refractivity contribution in [2.45, 2.75) is 59.9 Å². The van der Waals surface area contributed by atoms with Crippen molar-refractivity contribution in [1.29, 1.82) is 0 Å². The van der Waals surface area contributed by atoms with Gasteiger partial charge in [-0.05, 0) is 51.2 Å². The lowest BCUT2D eigenvalue weighted by Gasteiger charge is -2.18. The fourth-order valence-electron chi connectivity index (χ4n) is 2.23. The monoisotopic (exact) mass is 475 g/mol. The SMILES string of the molecule is CCNC(=NCCC(=O)Nc1ccc(C)cn1)NC(C)CCC(C)C.I. The molecule has 1 aromatic rings. The first-order valence-corrected chi connectivity index (χ1v) is 9.18. The van der Waals surface area contributed by atoms with E-state index in [1.54, 1.807) is 12.3 Å². The molecular formula is C19H34IN5O. The van der Waals surface area contributed by atoms with E-state index in [1.807, 2.05) is 19.9 Å². The van der Waals surface area contributed by atoms with Gasteiger partial charge in [0, 0.05) is 25.2 Å². The second kappa shape index (κ2) is 13.8. The van der Waals surface area contributed by atoms with E-state index in [0.29, 0.717) is 30.7 Å². The molecule has 0 aromatic carbocycles. The highest BCUT2D eigenvalue weighted by atomic mass is 127. The van der Waals surface area contributed by atoms with Crippen molar-refractivity contribution in [3.05, 3.63) is 23.9 Å². The molecule has 1 aromatic heterocycles. The van der Waals surface area contributed by atoms with Gasteiger partial charge in [-0.3, -0.25) is 9.79 Å². The van der Waals surface area contributed by atoms with Crippen LogP contribution in [0.4, 0.5) is 5.82 Å². The number of hydrogen-bond donors (Lipinski definition) is 3. The van der Waals surface area contributed by atoms with E-state index in [2.05, 4.69) is 46.7 Å². The van der Waals surface area contributed by atoms with E-state index in [0.717, 1.165) is 24.5 Å². The minimum Gasteiger partial charge on any atom is -0.357 e. The van der Waals surface area contributed by atoms with Crippen LogP contribution in [0.5, 0.6) is 0 Å². The molecule has 1 heterocycles. The number of anilines is 1. The first-order chi connectivity index (χ1) is 11.9. The standard InChI is InChI=1S/C19H33N5O.HI/c1-6-20-19(23-16(5)9-7-14(2)3)21-12-11-18(25)24-17-10-8-15(4)13-22-17;/h8,10,13-14,16H,6-7,9,11-12H2,1-5H3,(H2,20,21,23)(H,22,24,25);1H. The summed E-state index contributed by atoms with van der Waals surface area (Å²) in [7, 11) is 0. The summed E-state index contributed by atoms with van der Waals surface area (Å²) in [5, 5.41) is 9.41. The number of amides is 1. The van der Waals surface area contributed by atoms with Crippen molar-refractivity contribution in [2.24, 2.45) is 10.9 Å². The van der Waals surface area contributed by atoms with E-state index in [1.165, 1.54) is 6.42 Å². The Morgan fingerprint density at radius 2 is 1.96 bits per heavy atom. The minimum absolute atomic E-state index is 0. The highest BCUT2D eigenvalue weighted by Gasteiger charge is 2.07. The van der Waals surface area contributed by atoms with Crippen LogP contribution in [-0.4, -0.2) is 36.0 Å². The maximum absolute atomic E-state index is 12.0. The number of aliphatic imine (C=N–C) groups is 1. The number of carbonyl (C=O) groups excluding carboxylic acids is 1. The molecule has 6 nitrogen and oxygen atoms in total. The fourth-order valence-corrected chi connectivity index (χ4v) is 2.23. The lowest BCUT2D eigenvalue weighted by atomic mass is 10.0. The van der Waals surface area contributed by atoms with Crippen molar-refractivity contribution in [3.63, 3.8) is 0 Å². The number of aryl methyl sites for hydroxylation is 1. The Morgan fingerprint density at radius 3 is 2.54 bits per heavy atom. The Hall–Kier alpha value is -1.38. The van der Waals surface area contributed by atoms with Gasteiger partial charge in [-0.25, -0.2) is 4.98 Å². The van der Waals surface area contributed by atoms with Crippen LogP contribution >= 0.6 is 24.0 Å². The number of hydrogen-bond acceptors (Lipinski definition) is 3. The van der Waals surface area contributed by atoms with Crippen LogP contribution < -0.4 is 16.0 Å². The molecule has 0 fully saturated rings. The van der Waals surface area contributed by atoms with Crippen LogP contribution in [0.15, 0.2) is 23.3 Å². The molecular weight excluding hydrogens is 441 g/mol. The maximum atomic E-state index is 12.0. The molecule has 1 rings (SSSR count).